The number of alkyl halides is 6. The Labute approximate surface area is 155 Å². The molecule has 0 radical (unpaired) electrons. The average Bonchev–Trinajstić information content (AvgIpc) is 3.01. The zero-order valence-electron chi connectivity index (χ0n) is 14.2. The molecule has 0 bridgehead atoms. The summed E-state index contributed by atoms with van der Waals surface area (Å²) >= 11 is 0. The van der Waals surface area contributed by atoms with E-state index in [2.05, 4.69) is 4.98 Å². The third kappa shape index (κ3) is 3.58. The van der Waals surface area contributed by atoms with Gasteiger partial charge in [0, 0.05) is 18.2 Å². The summed E-state index contributed by atoms with van der Waals surface area (Å²) in [5.41, 5.74) is -0.939. The highest BCUT2D eigenvalue weighted by Crippen LogP contribution is 2.35. The Bertz CT molecular complexity index is 1050. The molecule has 3 aromatic rings. The van der Waals surface area contributed by atoms with Crippen LogP contribution in [0.15, 0.2) is 48.7 Å². The largest absolute Gasteiger partial charge is 0.416 e. The van der Waals surface area contributed by atoms with Crippen molar-refractivity contribution in [2.24, 2.45) is 7.05 Å². The first kappa shape index (κ1) is 19.5. The van der Waals surface area contributed by atoms with Crippen molar-refractivity contribution in [2.75, 3.05) is 0 Å². The zero-order valence-corrected chi connectivity index (χ0v) is 14.2. The lowest BCUT2D eigenvalue weighted by Crippen LogP contribution is -2.06. The molecule has 0 aliphatic heterocycles. The van der Waals surface area contributed by atoms with Gasteiger partial charge in [0.05, 0.1) is 34.7 Å². The molecule has 0 aliphatic rings. The summed E-state index contributed by atoms with van der Waals surface area (Å²) in [5.74, 6) is 0.313. The average molecular weight is 395 g/mol. The van der Waals surface area contributed by atoms with Gasteiger partial charge in [0.1, 0.15) is 5.82 Å². The number of imidazole rings is 1. The first-order valence-corrected chi connectivity index (χ1v) is 7.83. The Morgan fingerprint density at radius 3 is 2.00 bits per heavy atom. The molecule has 28 heavy (non-hydrogen) atoms. The maximum absolute atomic E-state index is 12.9. The van der Waals surface area contributed by atoms with Crippen LogP contribution in [0.5, 0.6) is 0 Å². The smallest absolute Gasteiger partial charge is 0.327 e. The van der Waals surface area contributed by atoms with Gasteiger partial charge in [-0.1, -0.05) is 18.2 Å². The first-order valence-electron chi connectivity index (χ1n) is 7.83. The van der Waals surface area contributed by atoms with Gasteiger partial charge in [-0.15, -0.1) is 0 Å². The normalized spacial score (nSPS) is 12.1. The summed E-state index contributed by atoms with van der Waals surface area (Å²) < 4.78 is 78.1. The fourth-order valence-electron chi connectivity index (χ4n) is 2.77. The van der Waals surface area contributed by atoms with Crippen molar-refractivity contribution >= 4 is 0 Å². The van der Waals surface area contributed by atoms with Gasteiger partial charge >= 0.3 is 12.4 Å². The number of rotatable bonds is 2. The highest BCUT2D eigenvalue weighted by atomic mass is 19.4. The Hall–Kier alpha value is -3.28. The van der Waals surface area contributed by atoms with Gasteiger partial charge in [-0.3, -0.25) is 0 Å². The second kappa shape index (κ2) is 6.71. The van der Waals surface area contributed by atoms with Gasteiger partial charge in [-0.25, -0.2) is 4.98 Å². The van der Waals surface area contributed by atoms with Gasteiger partial charge < -0.3 is 4.57 Å². The van der Waals surface area contributed by atoms with E-state index in [-0.39, 0.29) is 11.1 Å². The predicted molar refractivity (Wildman–Crippen MR) is 88.8 cm³/mol. The molecule has 1 aromatic heterocycles. The molecule has 9 heteroatoms. The molecule has 0 fully saturated rings. The second-order valence-electron chi connectivity index (χ2n) is 5.97. The van der Waals surface area contributed by atoms with Gasteiger partial charge in [-0.05, 0) is 24.3 Å². The molecular weight excluding hydrogens is 384 g/mol. The minimum Gasteiger partial charge on any atom is -0.327 e. The van der Waals surface area contributed by atoms with E-state index in [1.807, 2.05) is 0 Å². The van der Waals surface area contributed by atoms with Gasteiger partial charge in [-0.2, -0.15) is 31.6 Å². The van der Waals surface area contributed by atoms with Crippen molar-refractivity contribution in [2.45, 2.75) is 12.4 Å². The highest BCUT2D eigenvalue weighted by molar-refractivity contribution is 5.71. The van der Waals surface area contributed by atoms with Crippen LogP contribution in [0, 0.1) is 11.3 Å². The van der Waals surface area contributed by atoms with Crippen molar-refractivity contribution in [1.82, 2.24) is 9.55 Å². The third-order valence-corrected chi connectivity index (χ3v) is 4.20. The molecule has 0 spiro atoms. The number of hydrogen-bond acceptors (Lipinski definition) is 2. The van der Waals surface area contributed by atoms with Crippen molar-refractivity contribution in [3.05, 3.63) is 65.4 Å². The van der Waals surface area contributed by atoms with Crippen LogP contribution in [0.3, 0.4) is 0 Å². The summed E-state index contributed by atoms with van der Waals surface area (Å²) in [4.78, 5) is 4.15. The van der Waals surface area contributed by atoms with E-state index >= 15 is 0 Å². The molecule has 0 N–H and O–H groups in total. The lowest BCUT2D eigenvalue weighted by Gasteiger charge is -2.11. The molecule has 0 atom stereocenters. The molecule has 0 saturated heterocycles. The molecule has 3 nitrogen and oxygen atoms in total. The molecule has 144 valence electrons. The van der Waals surface area contributed by atoms with E-state index in [9.17, 15) is 31.6 Å². The lowest BCUT2D eigenvalue weighted by atomic mass is 10.0. The fraction of sp³-hybridized carbons (Fsp3) is 0.158. The van der Waals surface area contributed by atoms with Crippen LogP contribution in [0.1, 0.15) is 16.7 Å². The molecule has 1 heterocycles. The number of benzene rings is 2. The number of aromatic nitrogens is 2. The van der Waals surface area contributed by atoms with Crippen LogP contribution in [0.25, 0.3) is 22.6 Å². The third-order valence-electron chi connectivity index (χ3n) is 4.20. The number of hydrogen-bond donors (Lipinski definition) is 0. The van der Waals surface area contributed by atoms with Gasteiger partial charge in [0.25, 0.3) is 0 Å². The van der Waals surface area contributed by atoms with E-state index < -0.39 is 23.5 Å². The van der Waals surface area contributed by atoms with Crippen molar-refractivity contribution in [1.29, 1.82) is 5.26 Å². The molecule has 2 aromatic carbocycles. The maximum Gasteiger partial charge on any atom is 0.416 e. The van der Waals surface area contributed by atoms with Crippen LogP contribution in [-0.4, -0.2) is 9.55 Å². The van der Waals surface area contributed by atoms with Crippen molar-refractivity contribution in [3.8, 4) is 28.7 Å². The van der Waals surface area contributed by atoms with E-state index in [0.717, 1.165) is 24.3 Å². The van der Waals surface area contributed by atoms with Crippen LogP contribution in [0.2, 0.25) is 0 Å². The second-order valence-corrected chi connectivity index (χ2v) is 5.97. The van der Waals surface area contributed by atoms with Gasteiger partial charge in [0.15, 0.2) is 0 Å². The summed E-state index contributed by atoms with van der Waals surface area (Å²) in [6.07, 6.45) is -7.69. The number of nitrogens with zero attached hydrogens (tertiary/aromatic N) is 3. The Morgan fingerprint density at radius 2 is 1.46 bits per heavy atom. The highest BCUT2D eigenvalue weighted by Gasteiger charge is 2.32. The number of halogens is 6. The number of nitriles is 1. The molecule has 0 amide bonds. The molecule has 0 aliphatic carbocycles. The molecular formula is C19H11F6N3. The summed E-state index contributed by atoms with van der Waals surface area (Å²) in [6.45, 7) is 0. The van der Waals surface area contributed by atoms with Crippen molar-refractivity contribution in [3.63, 3.8) is 0 Å². The Kier molecular flexibility index (Phi) is 4.67. The van der Waals surface area contributed by atoms with Gasteiger partial charge in [0.2, 0.25) is 0 Å². The fourth-order valence-corrected chi connectivity index (χ4v) is 2.77. The molecule has 0 unspecified atom stereocenters. The van der Waals surface area contributed by atoms with E-state index in [1.165, 1.54) is 29.0 Å². The Morgan fingerprint density at radius 1 is 0.893 bits per heavy atom. The molecule has 0 saturated carbocycles. The minimum absolute atomic E-state index is 0.184. The quantitative estimate of drug-likeness (QED) is 0.525. The topological polar surface area (TPSA) is 41.6 Å². The van der Waals surface area contributed by atoms with E-state index in [0.29, 0.717) is 17.1 Å². The maximum atomic E-state index is 12.9. The monoisotopic (exact) mass is 395 g/mol. The standard InChI is InChI=1S/C19H11F6N3/c1-28-16(15-7-6-14(19(23,24)25)8-12(15)9-26)10-27-17(28)11-2-4-13(5-3-11)18(20,21)22/h2-8,10H,1H3. The minimum atomic E-state index is -4.58. The first-order chi connectivity index (χ1) is 13.0. The summed E-state index contributed by atoms with van der Waals surface area (Å²) in [6, 6.07) is 8.88. The SMILES string of the molecule is Cn1c(-c2ccc(C(F)(F)F)cc2C#N)cnc1-c1ccc(C(F)(F)F)cc1. The van der Waals surface area contributed by atoms with Crippen LogP contribution in [-0.2, 0) is 19.4 Å². The lowest BCUT2D eigenvalue weighted by molar-refractivity contribution is -0.138. The predicted octanol–water partition coefficient (Wildman–Crippen LogP) is 5.66. The van der Waals surface area contributed by atoms with E-state index in [4.69, 9.17) is 0 Å². The van der Waals surface area contributed by atoms with E-state index in [1.54, 1.807) is 13.1 Å². The Balaban J connectivity index is 2.04. The molecule has 3 rings (SSSR count). The van der Waals surface area contributed by atoms with Crippen LogP contribution in [0.4, 0.5) is 26.3 Å². The summed E-state index contributed by atoms with van der Waals surface area (Å²) in [5, 5.41) is 9.24. The summed E-state index contributed by atoms with van der Waals surface area (Å²) in [7, 11) is 1.56. The van der Waals surface area contributed by atoms with Crippen LogP contribution < -0.4 is 0 Å². The van der Waals surface area contributed by atoms with Crippen molar-refractivity contribution < 1.29 is 26.3 Å². The zero-order chi connectivity index (χ0) is 20.7. The van der Waals surface area contributed by atoms with Crippen LogP contribution >= 0.6 is 0 Å².